The van der Waals surface area contributed by atoms with Gasteiger partial charge in [-0.1, -0.05) is 0 Å². The van der Waals surface area contributed by atoms with Crippen LogP contribution in [0.1, 0.15) is 5.69 Å². The molecule has 3 nitrogen and oxygen atoms in total. The molecule has 0 bridgehead atoms. The lowest BCUT2D eigenvalue weighted by Crippen LogP contribution is -1.94. The van der Waals surface area contributed by atoms with Gasteiger partial charge in [0.25, 0.3) is 0 Å². The van der Waals surface area contributed by atoms with Crippen molar-refractivity contribution in [2.24, 2.45) is 5.73 Å². The molecule has 0 aliphatic rings. The van der Waals surface area contributed by atoms with Gasteiger partial charge in [-0.25, -0.2) is 0 Å². The fourth-order valence-corrected chi connectivity index (χ4v) is 0.716. The highest BCUT2D eigenvalue weighted by atomic mass is 35.5. The molecule has 2 N–H and O–H groups in total. The quantitative estimate of drug-likeness (QED) is 0.633. The molecule has 1 heterocycles. The first kappa shape index (κ1) is 7.81. The summed E-state index contributed by atoms with van der Waals surface area (Å²) in [4.78, 5) is 0. The van der Waals surface area contributed by atoms with Crippen molar-refractivity contribution in [3.05, 3.63) is 11.9 Å². The minimum absolute atomic E-state index is 0. The van der Waals surface area contributed by atoms with Crippen molar-refractivity contribution < 1.29 is 0 Å². The maximum absolute atomic E-state index is 5.20. The van der Waals surface area contributed by atoms with Crippen molar-refractivity contribution >= 4 is 24.1 Å². The van der Waals surface area contributed by atoms with Crippen LogP contribution >= 0.6 is 24.1 Å². The number of hydrogen-bond acceptors (Lipinski definition) is 4. The van der Waals surface area contributed by atoms with E-state index in [-0.39, 0.29) is 12.4 Å². The monoisotopic (exact) mass is 151 g/mol. The average Bonchev–Trinajstić information content (AvgIpc) is 2.14. The van der Waals surface area contributed by atoms with E-state index < -0.39 is 0 Å². The Morgan fingerprint density at radius 3 is 2.75 bits per heavy atom. The van der Waals surface area contributed by atoms with E-state index >= 15 is 0 Å². The van der Waals surface area contributed by atoms with Crippen LogP contribution in [0.15, 0.2) is 6.20 Å². The van der Waals surface area contributed by atoms with Gasteiger partial charge in [0.05, 0.1) is 23.6 Å². The Bertz CT molecular complexity index is 129. The van der Waals surface area contributed by atoms with Gasteiger partial charge >= 0.3 is 0 Å². The van der Waals surface area contributed by atoms with E-state index in [2.05, 4.69) is 8.75 Å². The molecule has 0 radical (unpaired) electrons. The fraction of sp³-hybridized carbons (Fsp3) is 0.333. The van der Waals surface area contributed by atoms with Crippen molar-refractivity contribution in [3.63, 3.8) is 0 Å². The number of hydrogen-bond donors (Lipinski definition) is 1. The first-order valence-corrected chi connectivity index (χ1v) is 2.63. The van der Waals surface area contributed by atoms with E-state index in [0.717, 1.165) is 5.69 Å². The Morgan fingerprint density at radius 2 is 2.50 bits per heavy atom. The van der Waals surface area contributed by atoms with Crippen LogP contribution in [0, 0.1) is 0 Å². The Balaban J connectivity index is 0.000000490. The van der Waals surface area contributed by atoms with Crippen molar-refractivity contribution in [1.29, 1.82) is 0 Å². The van der Waals surface area contributed by atoms with Gasteiger partial charge in [-0.2, -0.15) is 8.75 Å². The van der Waals surface area contributed by atoms with E-state index in [0.29, 0.717) is 6.54 Å². The molecule has 0 aliphatic carbocycles. The van der Waals surface area contributed by atoms with E-state index in [1.165, 1.54) is 11.7 Å². The Labute approximate surface area is 57.7 Å². The third kappa shape index (κ3) is 1.73. The maximum Gasteiger partial charge on any atom is 0.0878 e. The van der Waals surface area contributed by atoms with Crippen molar-refractivity contribution in [3.8, 4) is 0 Å². The van der Waals surface area contributed by atoms with Crippen molar-refractivity contribution in [2.75, 3.05) is 0 Å². The minimum atomic E-state index is 0. The third-order valence-corrected chi connectivity index (χ3v) is 1.13. The Hall–Kier alpha value is -0.190. The highest BCUT2D eigenvalue weighted by molar-refractivity contribution is 6.99. The smallest absolute Gasteiger partial charge is 0.0878 e. The molecule has 5 heteroatoms. The summed E-state index contributed by atoms with van der Waals surface area (Å²) in [6.45, 7) is 0.497. The molecule has 1 aromatic heterocycles. The summed E-state index contributed by atoms with van der Waals surface area (Å²) in [5.74, 6) is 0. The van der Waals surface area contributed by atoms with Crippen LogP contribution in [-0.2, 0) is 6.54 Å². The molecule has 0 spiro atoms. The molecular weight excluding hydrogens is 146 g/mol. The second kappa shape index (κ2) is 3.77. The van der Waals surface area contributed by atoms with Crippen LogP contribution in [0.2, 0.25) is 0 Å². The Kier molecular flexibility index (Phi) is 3.68. The zero-order chi connectivity index (χ0) is 5.11. The highest BCUT2D eigenvalue weighted by Crippen LogP contribution is 1.90. The second-order valence-corrected chi connectivity index (χ2v) is 1.66. The topological polar surface area (TPSA) is 51.8 Å². The van der Waals surface area contributed by atoms with E-state index in [4.69, 9.17) is 5.73 Å². The molecule has 1 aromatic rings. The van der Waals surface area contributed by atoms with Gasteiger partial charge in [0, 0.05) is 6.54 Å². The molecule has 0 aromatic carbocycles. The predicted molar refractivity (Wildman–Crippen MR) is 35.0 cm³/mol. The van der Waals surface area contributed by atoms with Crippen LogP contribution in [0.4, 0.5) is 0 Å². The van der Waals surface area contributed by atoms with E-state index in [1.807, 2.05) is 0 Å². The number of halogens is 1. The van der Waals surface area contributed by atoms with Gasteiger partial charge < -0.3 is 5.73 Å². The lowest BCUT2D eigenvalue weighted by molar-refractivity contribution is 1.02. The minimum Gasteiger partial charge on any atom is -0.325 e. The normalized spacial score (nSPS) is 8.12. The van der Waals surface area contributed by atoms with Gasteiger partial charge in [-0.15, -0.1) is 12.4 Å². The number of aromatic nitrogens is 2. The molecule has 8 heavy (non-hydrogen) atoms. The maximum atomic E-state index is 5.20. The van der Waals surface area contributed by atoms with Gasteiger partial charge in [0.15, 0.2) is 0 Å². The standard InChI is InChI=1S/C3H5N3S.ClH/c4-1-3-2-5-7-6-3;/h2H,1,4H2;1H. The molecule has 0 amide bonds. The van der Waals surface area contributed by atoms with Crippen LogP contribution in [0.3, 0.4) is 0 Å². The summed E-state index contributed by atoms with van der Waals surface area (Å²) < 4.78 is 7.58. The summed E-state index contributed by atoms with van der Waals surface area (Å²) in [5.41, 5.74) is 6.06. The molecule has 1 rings (SSSR count). The van der Waals surface area contributed by atoms with Gasteiger partial charge in [-0.3, -0.25) is 0 Å². The zero-order valence-electron chi connectivity index (χ0n) is 4.07. The van der Waals surface area contributed by atoms with E-state index in [9.17, 15) is 0 Å². The third-order valence-electron chi connectivity index (χ3n) is 0.616. The second-order valence-electron chi connectivity index (χ2n) is 1.10. The van der Waals surface area contributed by atoms with Gasteiger partial charge in [0.1, 0.15) is 0 Å². The largest absolute Gasteiger partial charge is 0.325 e. The van der Waals surface area contributed by atoms with E-state index in [1.54, 1.807) is 6.20 Å². The molecule has 0 unspecified atom stereocenters. The molecule has 0 atom stereocenters. The molecule has 0 fully saturated rings. The summed E-state index contributed by atoms with van der Waals surface area (Å²) in [6.07, 6.45) is 1.67. The summed E-state index contributed by atoms with van der Waals surface area (Å²) in [6, 6.07) is 0. The first-order chi connectivity index (χ1) is 3.43. The Morgan fingerprint density at radius 1 is 1.75 bits per heavy atom. The first-order valence-electron chi connectivity index (χ1n) is 1.90. The summed E-state index contributed by atoms with van der Waals surface area (Å²) in [7, 11) is 0. The zero-order valence-corrected chi connectivity index (χ0v) is 5.71. The van der Waals surface area contributed by atoms with Crippen LogP contribution in [-0.4, -0.2) is 8.75 Å². The molecule has 0 saturated carbocycles. The SMILES string of the molecule is Cl.NCc1cnsn1. The number of nitrogens with two attached hydrogens (primary N) is 1. The fourth-order valence-electron chi connectivity index (χ4n) is 0.274. The lowest BCUT2D eigenvalue weighted by atomic mass is 10.5. The van der Waals surface area contributed by atoms with Crippen LogP contribution in [0.25, 0.3) is 0 Å². The molecule has 0 aliphatic heterocycles. The molecule has 0 saturated heterocycles. The average molecular weight is 152 g/mol. The number of rotatable bonds is 1. The summed E-state index contributed by atoms with van der Waals surface area (Å²) >= 11 is 1.18. The number of nitrogens with zero attached hydrogens (tertiary/aromatic N) is 2. The molecule has 46 valence electrons. The van der Waals surface area contributed by atoms with Crippen LogP contribution in [0.5, 0.6) is 0 Å². The lowest BCUT2D eigenvalue weighted by Gasteiger charge is -1.76. The molecular formula is C3H6ClN3S. The van der Waals surface area contributed by atoms with Crippen LogP contribution < -0.4 is 5.73 Å². The predicted octanol–water partition coefficient (Wildman–Crippen LogP) is 0.419. The van der Waals surface area contributed by atoms with Crippen molar-refractivity contribution in [1.82, 2.24) is 8.75 Å². The van der Waals surface area contributed by atoms with Crippen molar-refractivity contribution in [2.45, 2.75) is 6.54 Å². The summed E-state index contributed by atoms with van der Waals surface area (Å²) in [5, 5.41) is 0. The highest BCUT2D eigenvalue weighted by Gasteiger charge is 1.86. The van der Waals surface area contributed by atoms with Gasteiger partial charge in [-0.05, 0) is 0 Å². The van der Waals surface area contributed by atoms with Gasteiger partial charge in [0.2, 0.25) is 0 Å².